The first-order valence-electron chi connectivity index (χ1n) is 12.0. The topological polar surface area (TPSA) is 0 Å². The van der Waals surface area contributed by atoms with E-state index in [0.29, 0.717) is 0 Å². The molecule has 0 aromatic carbocycles. The highest BCUT2D eigenvalue weighted by atomic mass is 14.0. The summed E-state index contributed by atoms with van der Waals surface area (Å²) >= 11 is 0. The van der Waals surface area contributed by atoms with Gasteiger partial charge >= 0.3 is 0 Å². The highest BCUT2D eigenvalue weighted by Gasteiger charge is 1.94. The molecule has 0 aliphatic rings. The number of hydrogen-bond donors (Lipinski definition) is 0. The van der Waals surface area contributed by atoms with Gasteiger partial charge in [-0.3, -0.25) is 0 Å². The zero-order valence-electron chi connectivity index (χ0n) is 19.5. The minimum Gasteiger partial charge on any atom is -0.0856 e. The van der Waals surface area contributed by atoms with Crippen LogP contribution in [0.25, 0.3) is 0 Å². The lowest BCUT2D eigenvalue weighted by Crippen LogP contribution is -1.83. The van der Waals surface area contributed by atoms with E-state index in [2.05, 4.69) is 52.8 Å². The van der Waals surface area contributed by atoms with Gasteiger partial charge in [0.1, 0.15) is 0 Å². The lowest BCUT2D eigenvalue weighted by molar-refractivity contribution is 0.550. The smallest absolute Gasteiger partial charge is 0.0288 e. The summed E-state index contributed by atoms with van der Waals surface area (Å²) in [6.45, 7) is 11.3. The van der Waals surface area contributed by atoms with Gasteiger partial charge in [-0.25, -0.2) is 0 Å². The standard InChI is InChI=1S/C27H50/c1-6-7-8-9-10-11-12-13-14-15-16-17-21-26(4)23-19-24-27(5)22-18-20-25(2)3/h20-21,24H,6-19,22-23H2,1-5H3. The molecule has 0 unspecified atom stereocenters. The van der Waals surface area contributed by atoms with E-state index >= 15 is 0 Å². The second-order valence-corrected chi connectivity index (χ2v) is 8.78. The molecule has 0 nitrogen and oxygen atoms in total. The lowest BCUT2D eigenvalue weighted by Gasteiger charge is -2.03. The first-order chi connectivity index (χ1) is 13.1. The largest absolute Gasteiger partial charge is 0.0856 e. The highest BCUT2D eigenvalue weighted by molar-refractivity contribution is 5.05. The third-order valence-corrected chi connectivity index (χ3v) is 5.42. The van der Waals surface area contributed by atoms with Crippen molar-refractivity contribution in [1.29, 1.82) is 0 Å². The molecule has 0 bridgehead atoms. The Hall–Kier alpha value is -0.780. The first-order valence-corrected chi connectivity index (χ1v) is 12.0. The van der Waals surface area contributed by atoms with E-state index in [9.17, 15) is 0 Å². The maximum atomic E-state index is 2.49. The van der Waals surface area contributed by atoms with Crippen LogP contribution >= 0.6 is 0 Å². The summed E-state index contributed by atoms with van der Waals surface area (Å²) in [7, 11) is 0. The highest BCUT2D eigenvalue weighted by Crippen LogP contribution is 2.14. The number of unbranched alkanes of at least 4 members (excludes halogenated alkanes) is 11. The van der Waals surface area contributed by atoms with Gasteiger partial charge in [-0.1, -0.05) is 106 Å². The monoisotopic (exact) mass is 374 g/mol. The van der Waals surface area contributed by atoms with Crippen LogP contribution in [0, 0.1) is 0 Å². The Morgan fingerprint density at radius 2 is 0.889 bits per heavy atom. The Bertz CT molecular complexity index is 404. The molecule has 0 saturated carbocycles. The molecule has 0 heteroatoms. The zero-order chi connectivity index (χ0) is 20.2. The average molecular weight is 375 g/mol. The van der Waals surface area contributed by atoms with Crippen molar-refractivity contribution in [2.24, 2.45) is 0 Å². The van der Waals surface area contributed by atoms with Crippen molar-refractivity contribution in [3.05, 3.63) is 34.9 Å². The molecule has 27 heavy (non-hydrogen) atoms. The molecule has 0 heterocycles. The summed E-state index contributed by atoms with van der Waals surface area (Å²) in [4.78, 5) is 0. The van der Waals surface area contributed by atoms with Gasteiger partial charge in [-0.2, -0.15) is 0 Å². The van der Waals surface area contributed by atoms with Gasteiger partial charge in [0.2, 0.25) is 0 Å². The van der Waals surface area contributed by atoms with Crippen LogP contribution in [0.1, 0.15) is 137 Å². The molecule has 0 rings (SSSR count). The molecule has 0 atom stereocenters. The fraction of sp³-hybridized carbons (Fsp3) is 0.778. The quantitative estimate of drug-likeness (QED) is 0.165. The second-order valence-electron chi connectivity index (χ2n) is 8.78. The summed E-state index contributed by atoms with van der Waals surface area (Å²) in [6, 6.07) is 0. The third-order valence-electron chi connectivity index (χ3n) is 5.42. The lowest BCUT2D eigenvalue weighted by atomic mass is 10.0. The summed E-state index contributed by atoms with van der Waals surface area (Å²) < 4.78 is 0. The first kappa shape index (κ1) is 26.2. The van der Waals surface area contributed by atoms with Crippen LogP contribution in [-0.2, 0) is 0 Å². The van der Waals surface area contributed by atoms with Crippen LogP contribution in [0.3, 0.4) is 0 Å². The van der Waals surface area contributed by atoms with Gasteiger partial charge in [0.25, 0.3) is 0 Å². The van der Waals surface area contributed by atoms with E-state index < -0.39 is 0 Å². The summed E-state index contributed by atoms with van der Waals surface area (Å²) in [6.07, 6.45) is 29.2. The van der Waals surface area contributed by atoms with Crippen molar-refractivity contribution in [3.8, 4) is 0 Å². The molecule has 0 saturated heterocycles. The molecule has 0 aromatic rings. The summed E-state index contributed by atoms with van der Waals surface area (Å²) in [5.74, 6) is 0. The predicted molar refractivity (Wildman–Crippen MR) is 126 cm³/mol. The Balaban J connectivity index is 3.51. The van der Waals surface area contributed by atoms with Crippen LogP contribution < -0.4 is 0 Å². The summed E-state index contributed by atoms with van der Waals surface area (Å²) in [5, 5.41) is 0. The SMILES string of the molecule is CCCCCCCCCCCCCC=C(C)CCC=C(C)CCC=C(C)C. The Kier molecular flexibility index (Phi) is 19.4. The van der Waals surface area contributed by atoms with Gasteiger partial charge in [0, 0.05) is 0 Å². The van der Waals surface area contributed by atoms with Crippen LogP contribution in [0.15, 0.2) is 34.9 Å². The van der Waals surface area contributed by atoms with Crippen molar-refractivity contribution < 1.29 is 0 Å². The van der Waals surface area contributed by atoms with E-state index in [4.69, 9.17) is 0 Å². The van der Waals surface area contributed by atoms with Crippen molar-refractivity contribution in [2.45, 2.75) is 137 Å². The van der Waals surface area contributed by atoms with Gasteiger partial charge < -0.3 is 0 Å². The Labute approximate surface area is 172 Å². The van der Waals surface area contributed by atoms with E-state index in [1.807, 2.05) is 0 Å². The fourth-order valence-corrected chi connectivity index (χ4v) is 3.50. The van der Waals surface area contributed by atoms with E-state index in [-0.39, 0.29) is 0 Å². The third kappa shape index (κ3) is 21.4. The molecule has 0 spiro atoms. The fourth-order valence-electron chi connectivity index (χ4n) is 3.50. The van der Waals surface area contributed by atoms with Gasteiger partial charge in [0.05, 0.1) is 0 Å². The van der Waals surface area contributed by atoms with Crippen LogP contribution in [0.5, 0.6) is 0 Å². The van der Waals surface area contributed by atoms with E-state index in [1.54, 1.807) is 11.1 Å². The second kappa shape index (κ2) is 20.0. The predicted octanol–water partition coefficient (Wildman–Crippen LogP) is 10.1. The summed E-state index contributed by atoms with van der Waals surface area (Å²) in [5.41, 5.74) is 4.56. The maximum Gasteiger partial charge on any atom is -0.0288 e. The Morgan fingerprint density at radius 3 is 1.37 bits per heavy atom. The molecule has 0 amide bonds. The maximum absolute atomic E-state index is 2.49. The van der Waals surface area contributed by atoms with Crippen LogP contribution in [-0.4, -0.2) is 0 Å². The molecule has 0 aromatic heterocycles. The minimum absolute atomic E-state index is 1.19. The molecule has 0 aliphatic carbocycles. The van der Waals surface area contributed by atoms with Crippen molar-refractivity contribution in [1.82, 2.24) is 0 Å². The average Bonchev–Trinajstić information content (AvgIpc) is 2.62. The van der Waals surface area contributed by atoms with Crippen molar-refractivity contribution in [2.75, 3.05) is 0 Å². The molecule has 0 aliphatic heterocycles. The van der Waals surface area contributed by atoms with Crippen LogP contribution in [0.2, 0.25) is 0 Å². The van der Waals surface area contributed by atoms with Gasteiger partial charge in [0.15, 0.2) is 0 Å². The Morgan fingerprint density at radius 1 is 0.481 bits per heavy atom. The van der Waals surface area contributed by atoms with Crippen molar-refractivity contribution >= 4 is 0 Å². The van der Waals surface area contributed by atoms with Crippen LogP contribution in [0.4, 0.5) is 0 Å². The van der Waals surface area contributed by atoms with E-state index in [0.717, 1.165) is 0 Å². The number of allylic oxidation sites excluding steroid dienone is 6. The molecule has 0 N–H and O–H groups in total. The van der Waals surface area contributed by atoms with E-state index in [1.165, 1.54) is 108 Å². The minimum atomic E-state index is 1.19. The molecular weight excluding hydrogens is 324 g/mol. The zero-order valence-corrected chi connectivity index (χ0v) is 19.5. The molecule has 0 fully saturated rings. The molecule has 0 radical (unpaired) electrons. The van der Waals surface area contributed by atoms with Gasteiger partial charge in [-0.05, 0) is 66.2 Å². The number of rotatable bonds is 18. The number of hydrogen-bond acceptors (Lipinski definition) is 0. The normalized spacial score (nSPS) is 12.5. The van der Waals surface area contributed by atoms with Crippen molar-refractivity contribution in [3.63, 3.8) is 0 Å². The molecular formula is C27H50. The van der Waals surface area contributed by atoms with Gasteiger partial charge in [-0.15, -0.1) is 0 Å². The molecule has 158 valence electrons.